The van der Waals surface area contributed by atoms with Crippen LogP contribution in [0.4, 0.5) is 5.69 Å². The van der Waals surface area contributed by atoms with Crippen molar-refractivity contribution < 1.29 is 13.2 Å². The molecular weight excluding hydrogens is 262 g/mol. The van der Waals surface area contributed by atoms with Crippen LogP contribution < -0.4 is 4.72 Å². The highest BCUT2D eigenvalue weighted by Gasteiger charge is 2.17. The number of carbonyl (C=O) groups is 1. The van der Waals surface area contributed by atoms with Crippen molar-refractivity contribution in [2.75, 3.05) is 10.5 Å². The van der Waals surface area contributed by atoms with Crippen LogP contribution in [-0.4, -0.2) is 20.0 Å². The van der Waals surface area contributed by atoms with Gasteiger partial charge >= 0.3 is 0 Å². The van der Waals surface area contributed by atoms with Crippen molar-refractivity contribution in [3.8, 4) is 0 Å². The minimum absolute atomic E-state index is 0.0318. The fraction of sp³-hybridized carbons (Fsp3) is 0.500. The zero-order valence-electron chi connectivity index (χ0n) is 11.9. The second-order valence-electron chi connectivity index (χ2n) is 5.87. The van der Waals surface area contributed by atoms with Crippen molar-refractivity contribution in [2.45, 2.75) is 34.1 Å². The minimum atomic E-state index is -3.37. The molecule has 0 unspecified atom stereocenters. The molecule has 0 fully saturated rings. The van der Waals surface area contributed by atoms with Gasteiger partial charge in [0.1, 0.15) is 0 Å². The molecule has 0 heterocycles. The summed E-state index contributed by atoms with van der Waals surface area (Å²) in [6, 6.07) is 6.52. The minimum Gasteiger partial charge on any atom is -0.295 e. The summed E-state index contributed by atoms with van der Waals surface area (Å²) in [7, 11) is -3.37. The first-order chi connectivity index (χ1) is 8.59. The van der Waals surface area contributed by atoms with E-state index in [2.05, 4.69) is 4.72 Å². The highest BCUT2D eigenvalue weighted by molar-refractivity contribution is 7.92. The molecule has 0 aliphatic carbocycles. The Morgan fingerprint density at radius 2 is 1.89 bits per heavy atom. The van der Waals surface area contributed by atoms with Crippen LogP contribution in [0.15, 0.2) is 24.3 Å². The van der Waals surface area contributed by atoms with Gasteiger partial charge in [-0.05, 0) is 30.9 Å². The quantitative estimate of drug-likeness (QED) is 0.845. The lowest BCUT2D eigenvalue weighted by molar-refractivity contribution is 0.101. The maximum Gasteiger partial charge on any atom is 0.232 e. The van der Waals surface area contributed by atoms with E-state index in [1.165, 1.54) is 6.92 Å². The van der Waals surface area contributed by atoms with Gasteiger partial charge in [-0.25, -0.2) is 8.42 Å². The zero-order chi connectivity index (χ0) is 14.7. The van der Waals surface area contributed by atoms with Gasteiger partial charge < -0.3 is 0 Å². The monoisotopic (exact) mass is 283 g/mol. The number of nitrogens with one attached hydrogen (secondary N) is 1. The van der Waals surface area contributed by atoms with Crippen LogP contribution in [0.2, 0.25) is 0 Å². The molecule has 0 saturated carbocycles. The summed E-state index contributed by atoms with van der Waals surface area (Å²) in [4.78, 5) is 11.2. The molecule has 4 nitrogen and oxygen atoms in total. The fourth-order valence-electron chi connectivity index (χ4n) is 1.47. The lowest BCUT2D eigenvalue weighted by Gasteiger charge is -2.18. The second kappa shape index (κ2) is 5.74. The molecular formula is C14H21NO3S. The number of Topliss-reactive ketones (excluding diaryl/α,β-unsaturated/α-hetero) is 1. The predicted octanol–water partition coefficient (Wildman–Crippen LogP) is 3.07. The molecule has 0 spiro atoms. The van der Waals surface area contributed by atoms with Crippen LogP contribution in [0, 0.1) is 5.41 Å². The van der Waals surface area contributed by atoms with E-state index in [9.17, 15) is 13.2 Å². The van der Waals surface area contributed by atoms with Crippen LogP contribution in [0.25, 0.3) is 0 Å². The Hall–Kier alpha value is -1.36. The third-order valence-corrected chi connectivity index (χ3v) is 3.95. The largest absolute Gasteiger partial charge is 0.295 e. The summed E-state index contributed by atoms with van der Waals surface area (Å²) >= 11 is 0. The van der Waals surface area contributed by atoms with Crippen LogP contribution in [0.5, 0.6) is 0 Å². The van der Waals surface area contributed by atoms with Crippen LogP contribution >= 0.6 is 0 Å². The van der Waals surface area contributed by atoms with Gasteiger partial charge in [-0.1, -0.05) is 32.9 Å². The normalized spacial score (nSPS) is 12.2. The number of sulfonamides is 1. The maximum atomic E-state index is 11.9. The van der Waals surface area contributed by atoms with Crippen molar-refractivity contribution in [3.63, 3.8) is 0 Å². The van der Waals surface area contributed by atoms with Gasteiger partial charge in [-0.3, -0.25) is 9.52 Å². The molecule has 0 saturated heterocycles. The highest BCUT2D eigenvalue weighted by atomic mass is 32.2. The number of carbonyl (C=O) groups excluding carboxylic acids is 1. The second-order valence-corrected chi connectivity index (χ2v) is 7.71. The van der Waals surface area contributed by atoms with E-state index in [1.54, 1.807) is 24.3 Å². The van der Waals surface area contributed by atoms with Crippen molar-refractivity contribution in [1.82, 2.24) is 0 Å². The Labute approximate surface area is 115 Å². The Morgan fingerprint density at radius 1 is 1.26 bits per heavy atom. The molecule has 1 aromatic carbocycles. The molecule has 1 aromatic rings. The molecule has 19 heavy (non-hydrogen) atoms. The van der Waals surface area contributed by atoms with Crippen molar-refractivity contribution in [3.05, 3.63) is 29.8 Å². The average molecular weight is 283 g/mol. The number of anilines is 1. The smallest absolute Gasteiger partial charge is 0.232 e. The SMILES string of the molecule is CC(=O)c1cccc(NS(=O)(=O)CCC(C)(C)C)c1. The van der Waals surface area contributed by atoms with Crippen LogP contribution in [0.1, 0.15) is 44.5 Å². The summed E-state index contributed by atoms with van der Waals surface area (Å²) in [6.07, 6.45) is 0.578. The average Bonchev–Trinajstić information content (AvgIpc) is 2.25. The summed E-state index contributed by atoms with van der Waals surface area (Å²) in [5.74, 6) is -0.0170. The Morgan fingerprint density at radius 3 is 2.42 bits per heavy atom. The van der Waals surface area contributed by atoms with E-state index in [0.29, 0.717) is 17.7 Å². The third kappa shape index (κ3) is 5.87. The van der Waals surface area contributed by atoms with Crippen LogP contribution in [0.3, 0.4) is 0 Å². The van der Waals surface area contributed by atoms with Gasteiger partial charge in [-0.15, -0.1) is 0 Å². The number of hydrogen-bond donors (Lipinski definition) is 1. The molecule has 5 heteroatoms. The highest BCUT2D eigenvalue weighted by Crippen LogP contribution is 2.20. The fourth-order valence-corrected chi connectivity index (χ4v) is 2.94. The summed E-state index contributed by atoms with van der Waals surface area (Å²) in [5, 5.41) is 0. The number of benzene rings is 1. The molecule has 1 N–H and O–H groups in total. The molecule has 1 rings (SSSR count). The van der Waals surface area contributed by atoms with E-state index in [1.807, 2.05) is 20.8 Å². The molecule has 0 atom stereocenters. The summed E-state index contributed by atoms with van der Waals surface area (Å²) < 4.78 is 26.4. The first-order valence-electron chi connectivity index (χ1n) is 6.21. The van der Waals surface area contributed by atoms with Crippen LogP contribution in [-0.2, 0) is 10.0 Å². The van der Waals surface area contributed by atoms with Crippen molar-refractivity contribution >= 4 is 21.5 Å². The summed E-state index contributed by atoms with van der Waals surface area (Å²) in [6.45, 7) is 7.45. The lowest BCUT2D eigenvalue weighted by atomic mass is 9.94. The first-order valence-corrected chi connectivity index (χ1v) is 7.86. The summed E-state index contributed by atoms with van der Waals surface area (Å²) in [5.41, 5.74) is 0.897. The van der Waals surface area contributed by atoms with E-state index in [0.717, 1.165) is 0 Å². The predicted molar refractivity (Wildman–Crippen MR) is 77.9 cm³/mol. The van der Waals surface area contributed by atoms with E-state index >= 15 is 0 Å². The molecule has 0 aromatic heterocycles. The molecule has 106 valence electrons. The van der Waals surface area contributed by atoms with Gasteiger partial charge in [-0.2, -0.15) is 0 Å². The van der Waals surface area contributed by atoms with Gasteiger partial charge in [0.05, 0.1) is 5.75 Å². The van der Waals surface area contributed by atoms with Crippen molar-refractivity contribution in [2.24, 2.45) is 5.41 Å². The number of rotatable bonds is 5. The maximum absolute atomic E-state index is 11.9. The Bertz CT molecular complexity index is 556. The number of hydrogen-bond acceptors (Lipinski definition) is 3. The van der Waals surface area contributed by atoms with E-state index in [4.69, 9.17) is 0 Å². The molecule has 0 aliphatic rings. The zero-order valence-corrected chi connectivity index (χ0v) is 12.7. The van der Waals surface area contributed by atoms with Gasteiger partial charge in [0.2, 0.25) is 10.0 Å². The molecule has 0 radical (unpaired) electrons. The van der Waals surface area contributed by atoms with Gasteiger partial charge in [0.15, 0.2) is 5.78 Å². The van der Waals surface area contributed by atoms with E-state index < -0.39 is 10.0 Å². The molecule has 0 aliphatic heterocycles. The standard InChI is InChI=1S/C14H21NO3S/c1-11(16)12-6-5-7-13(10-12)15-19(17,18)9-8-14(2,3)4/h5-7,10,15H,8-9H2,1-4H3. The lowest BCUT2D eigenvalue weighted by Crippen LogP contribution is -2.21. The van der Waals surface area contributed by atoms with Gasteiger partial charge in [0.25, 0.3) is 0 Å². The van der Waals surface area contributed by atoms with E-state index in [-0.39, 0.29) is 17.0 Å². The first kappa shape index (κ1) is 15.7. The molecule has 0 bridgehead atoms. The third-order valence-electron chi connectivity index (χ3n) is 2.66. The Kier molecular flexibility index (Phi) is 4.74. The Balaban J connectivity index is 2.78. The topological polar surface area (TPSA) is 63.2 Å². The van der Waals surface area contributed by atoms with Gasteiger partial charge in [0, 0.05) is 11.3 Å². The number of ketones is 1. The van der Waals surface area contributed by atoms with Crippen molar-refractivity contribution in [1.29, 1.82) is 0 Å². The molecule has 0 amide bonds.